The molecule has 1 N–H and O–H groups in total. The van der Waals surface area contributed by atoms with E-state index in [0.29, 0.717) is 17.4 Å². The molecule has 4 aromatic rings. The summed E-state index contributed by atoms with van der Waals surface area (Å²) in [4.78, 5) is 20.5. The second kappa shape index (κ2) is 10.6. The molecule has 1 amide bonds. The fourth-order valence-corrected chi connectivity index (χ4v) is 5.25. The molecule has 0 radical (unpaired) electrons. The van der Waals surface area contributed by atoms with Crippen LogP contribution in [0.4, 0.5) is 17.2 Å². The molecule has 0 aliphatic carbocycles. The van der Waals surface area contributed by atoms with E-state index >= 15 is 0 Å². The maximum atomic E-state index is 11.5. The van der Waals surface area contributed by atoms with E-state index in [-0.39, 0.29) is 5.91 Å². The van der Waals surface area contributed by atoms with Crippen molar-refractivity contribution >= 4 is 28.6 Å². The lowest BCUT2D eigenvalue weighted by Gasteiger charge is -2.37. The number of aromatic nitrogens is 5. The Balaban J connectivity index is 1.24. The second-order valence-corrected chi connectivity index (χ2v) is 9.70. The molecule has 0 bridgehead atoms. The molecule has 4 aromatic heterocycles. The number of rotatable bonds is 6. The van der Waals surface area contributed by atoms with Crippen LogP contribution in [0.25, 0.3) is 16.6 Å². The van der Waals surface area contributed by atoms with Gasteiger partial charge in [0.25, 0.3) is 0 Å². The largest absolute Gasteiger partial charge is 0.381 e. The Morgan fingerprint density at radius 1 is 1.05 bits per heavy atom. The fraction of sp³-hybridized carbons (Fsp3) is 0.321. The van der Waals surface area contributed by atoms with Crippen LogP contribution in [0, 0.1) is 11.3 Å². The Morgan fingerprint density at radius 2 is 1.85 bits per heavy atom. The second-order valence-electron chi connectivity index (χ2n) is 9.70. The topological polar surface area (TPSA) is 117 Å². The maximum Gasteiger partial charge on any atom is 0.248 e. The highest BCUT2D eigenvalue weighted by Gasteiger charge is 2.23. The van der Waals surface area contributed by atoms with Gasteiger partial charge in [-0.15, -0.1) is 0 Å². The molecular weight excluding hydrogens is 494 g/mol. The molecular formula is C28H29N9O2. The van der Waals surface area contributed by atoms with Crippen LogP contribution in [-0.2, 0) is 9.53 Å². The molecule has 11 nitrogen and oxygen atoms in total. The third-order valence-corrected chi connectivity index (χ3v) is 7.38. The summed E-state index contributed by atoms with van der Waals surface area (Å²) in [7, 11) is 0. The van der Waals surface area contributed by atoms with Crippen LogP contribution in [0.15, 0.2) is 61.8 Å². The van der Waals surface area contributed by atoms with Gasteiger partial charge >= 0.3 is 0 Å². The van der Waals surface area contributed by atoms with Gasteiger partial charge in [0, 0.05) is 62.9 Å². The van der Waals surface area contributed by atoms with Gasteiger partial charge in [0.05, 0.1) is 41.6 Å². The third-order valence-electron chi connectivity index (χ3n) is 7.38. The van der Waals surface area contributed by atoms with Crippen molar-refractivity contribution in [2.75, 3.05) is 54.5 Å². The average Bonchev–Trinajstić information content (AvgIpc) is 3.65. The summed E-state index contributed by atoms with van der Waals surface area (Å²) in [5, 5.41) is 21.6. The van der Waals surface area contributed by atoms with Crippen molar-refractivity contribution in [3.63, 3.8) is 0 Å². The number of fused-ring (bicyclic) bond motifs is 1. The first-order valence-electron chi connectivity index (χ1n) is 13.1. The first-order valence-corrected chi connectivity index (χ1v) is 13.1. The normalized spacial score (nSPS) is 16.3. The number of pyridine rings is 2. The van der Waals surface area contributed by atoms with Gasteiger partial charge < -0.3 is 19.9 Å². The minimum Gasteiger partial charge on any atom is -0.381 e. The number of carbonyl (C=O) groups excluding carboxylic acids is 1. The molecule has 39 heavy (non-hydrogen) atoms. The van der Waals surface area contributed by atoms with Crippen LogP contribution in [0.5, 0.6) is 0 Å². The summed E-state index contributed by atoms with van der Waals surface area (Å²) in [5.74, 6) is 0.205. The number of ether oxygens (including phenoxy) is 1. The fourth-order valence-electron chi connectivity index (χ4n) is 5.25. The van der Waals surface area contributed by atoms with Gasteiger partial charge in [-0.05, 0) is 37.1 Å². The van der Waals surface area contributed by atoms with Crippen LogP contribution in [0.3, 0.4) is 0 Å². The lowest BCUT2D eigenvalue weighted by Crippen LogP contribution is -2.46. The third kappa shape index (κ3) is 4.94. The number of amides is 1. The molecule has 11 heteroatoms. The van der Waals surface area contributed by atoms with Crippen molar-refractivity contribution in [1.82, 2.24) is 24.4 Å². The predicted octanol–water partition coefficient (Wildman–Crippen LogP) is 3.27. The highest BCUT2D eigenvalue weighted by atomic mass is 16.5. The molecule has 6 rings (SSSR count). The molecule has 0 spiro atoms. The minimum absolute atomic E-state index is 0.287. The molecule has 0 aromatic carbocycles. The van der Waals surface area contributed by atoms with E-state index in [1.165, 1.54) is 6.08 Å². The summed E-state index contributed by atoms with van der Waals surface area (Å²) in [6.07, 6.45) is 12.5. The predicted molar refractivity (Wildman–Crippen MR) is 148 cm³/mol. The lowest BCUT2D eigenvalue weighted by atomic mass is 10.1. The van der Waals surface area contributed by atoms with E-state index < -0.39 is 0 Å². The number of carbonyl (C=O) groups is 1. The summed E-state index contributed by atoms with van der Waals surface area (Å²) >= 11 is 0. The summed E-state index contributed by atoms with van der Waals surface area (Å²) in [6, 6.07) is 8.55. The molecule has 2 aliphatic rings. The molecule has 198 valence electrons. The monoisotopic (exact) mass is 523 g/mol. The Bertz CT molecular complexity index is 1540. The van der Waals surface area contributed by atoms with Crippen LogP contribution >= 0.6 is 0 Å². The summed E-state index contributed by atoms with van der Waals surface area (Å²) in [5.41, 5.74) is 5.38. The van der Waals surface area contributed by atoms with E-state index in [4.69, 9.17) is 4.74 Å². The van der Waals surface area contributed by atoms with Crippen LogP contribution in [0.1, 0.15) is 24.4 Å². The number of nitrogens with zero attached hydrogens (tertiary/aromatic N) is 8. The minimum atomic E-state index is -0.287. The van der Waals surface area contributed by atoms with Gasteiger partial charge in [0.15, 0.2) is 0 Å². The molecule has 0 unspecified atom stereocenters. The van der Waals surface area contributed by atoms with E-state index in [1.54, 1.807) is 18.5 Å². The zero-order chi connectivity index (χ0) is 26.8. The lowest BCUT2D eigenvalue weighted by molar-refractivity contribution is -0.111. The van der Waals surface area contributed by atoms with Crippen LogP contribution in [-0.4, -0.2) is 69.7 Å². The molecule has 6 heterocycles. The molecule has 0 atom stereocenters. The Hall–Kier alpha value is -4.69. The van der Waals surface area contributed by atoms with Crippen molar-refractivity contribution < 1.29 is 9.53 Å². The summed E-state index contributed by atoms with van der Waals surface area (Å²) in [6.45, 7) is 8.10. The van der Waals surface area contributed by atoms with Gasteiger partial charge in [-0.3, -0.25) is 9.48 Å². The zero-order valence-corrected chi connectivity index (χ0v) is 21.5. The van der Waals surface area contributed by atoms with Gasteiger partial charge in [0.2, 0.25) is 5.91 Å². The highest BCUT2D eigenvalue weighted by molar-refractivity contribution is 5.98. The van der Waals surface area contributed by atoms with Crippen molar-refractivity contribution in [1.29, 1.82) is 5.26 Å². The Morgan fingerprint density at radius 3 is 2.56 bits per heavy atom. The number of piperazine rings is 1. The van der Waals surface area contributed by atoms with E-state index in [1.807, 2.05) is 27.7 Å². The standard InChI is InChI=1S/C28H29N9O2/c1-2-27(38)33-26-4-3-24(17-30-26)34-7-9-35(10-8-34)25-13-20(18-37-28(25)21(14-29)15-32-37)22-16-31-36(19-22)23-5-11-39-12-6-23/h2-4,13,15-19,23H,1,5-12H2,(H,30,33,38). The average molecular weight is 524 g/mol. The van der Waals surface area contributed by atoms with Crippen molar-refractivity contribution in [3.05, 3.63) is 67.4 Å². The van der Waals surface area contributed by atoms with Gasteiger partial charge in [-0.2, -0.15) is 15.5 Å². The quantitative estimate of drug-likeness (QED) is 0.383. The molecule has 2 fully saturated rings. The van der Waals surface area contributed by atoms with Crippen LogP contribution < -0.4 is 15.1 Å². The van der Waals surface area contributed by atoms with Crippen molar-refractivity contribution in [3.8, 4) is 17.2 Å². The molecule has 2 aliphatic heterocycles. The maximum absolute atomic E-state index is 11.5. The number of hydrogen-bond donors (Lipinski definition) is 1. The molecule has 2 saturated heterocycles. The van der Waals surface area contributed by atoms with Crippen molar-refractivity contribution in [2.24, 2.45) is 0 Å². The van der Waals surface area contributed by atoms with Gasteiger partial charge in [0.1, 0.15) is 17.4 Å². The number of anilines is 3. The first kappa shape index (κ1) is 24.6. The Kier molecular flexibility index (Phi) is 6.69. The van der Waals surface area contributed by atoms with E-state index in [2.05, 4.69) is 55.2 Å². The molecule has 0 saturated carbocycles. The van der Waals surface area contributed by atoms with E-state index in [0.717, 1.165) is 80.3 Å². The first-order chi connectivity index (χ1) is 19.1. The summed E-state index contributed by atoms with van der Waals surface area (Å²) < 4.78 is 9.36. The van der Waals surface area contributed by atoms with E-state index in [9.17, 15) is 10.1 Å². The number of nitrogens with one attached hydrogen (secondary N) is 1. The van der Waals surface area contributed by atoms with Crippen molar-refractivity contribution in [2.45, 2.75) is 18.9 Å². The smallest absolute Gasteiger partial charge is 0.248 e. The zero-order valence-electron chi connectivity index (χ0n) is 21.5. The van der Waals surface area contributed by atoms with Crippen LogP contribution in [0.2, 0.25) is 0 Å². The van der Waals surface area contributed by atoms with Gasteiger partial charge in [-0.25, -0.2) is 9.50 Å². The number of hydrogen-bond acceptors (Lipinski definition) is 8. The Labute approximate surface area is 225 Å². The van der Waals surface area contributed by atoms with Gasteiger partial charge in [-0.1, -0.05) is 6.58 Å². The SMILES string of the molecule is C=CC(=O)Nc1ccc(N2CCN(c3cc(-c4cnn(C5CCOCC5)c4)cn4ncc(C#N)c34)CC2)cn1. The number of nitriles is 1. The highest BCUT2D eigenvalue weighted by Crippen LogP contribution is 2.33.